The van der Waals surface area contributed by atoms with Crippen LogP contribution in [-0.2, 0) is 18.3 Å². The van der Waals surface area contributed by atoms with E-state index >= 15 is 0 Å². The predicted octanol–water partition coefficient (Wildman–Crippen LogP) is 3.23. The fourth-order valence-corrected chi connectivity index (χ4v) is 3.60. The van der Waals surface area contributed by atoms with E-state index in [2.05, 4.69) is 32.0 Å². The molecule has 1 atom stereocenters. The lowest BCUT2D eigenvalue weighted by atomic mass is 9.83. The van der Waals surface area contributed by atoms with Gasteiger partial charge in [-0.1, -0.05) is 32.0 Å². The zero-order valence-corrected chi connectivity index (χ0v) is 10.9. The molecular formula is C16H22O. The highest BCUT2D eigenvalue weighted by atomic mass is 16.3. The first kappa shape index (κ1) is 11.3. The maximum absolute atomic E-state index is 9.75. The second-order valence-electron chi connectivity index (χ2n) is 6.49. The zero-order valence-electron chi connectivity index (χ0n) is 10.9. The minimum absolute atomic E-state index is 0.0411. The molecule has 0 spiro atoms. The van der Waals surface area contributed by atoms with Crippen LogP contribution in [0.2, 0.25) is 0 Å². The van der Waals surface area contributed by atoms with Crippen LogP contribution >= 0.6 is 0 Å². The second kappa shape index (κ2) is 3.58. The normalized spacial score (nSPS) is 29.8. The van der Waals surface area contributed by atoms with Gasteiger partial charge in [0.1, 0.15) is 0 Å². The summed E-state index contributed by atoms with van der Waals surface area (Å²) < 4.78 is 0. The van der Waals surface area contributed by atoms with Gasteiger partial charge in [0.05, 0.1) is 6.61 Å². The predicted molar refractivity (Wildman–Crippen MR) is 70.2 cm³/mol. The molecular weight excluding hydrogens is 208 g/mol. The molecule has 17 heavy (non-hydrogen) atoms. The van der Waals surface area contributed by atoms with Crippen molar-refractivity contribution < 1.29 is 5.11 Å². The number of fused-ring (bicyclic) bond motifs is 1. The summed E-state index contributed by atoms with van der Waals surface area (Å²) in [5.74, 6) is 0. The summed E-state index contributed by atoms with van der Waals surface area (Å²) in [6.07, 6.45) is 6.25. The van der Waals surface area contributed by atoms with E-state index in [4.69, 9.17) is 0 Å². The van der Waals surface area contributed by atoms with Crippen molar-refractivity contribution in [1.82, 2.24) is 0 Å². The Bertz CT molecular complexity index is 447. The highest BCUT2D eigenvalue weighted by Gasteiger charge is 2.61. The van der Waals surface area contributed by atoms with Gasteiger partial charge in [-0.05, 0) is 54.2 Å². The van der Waals surface area contributed by atoms with E-state index in [1.165, 1.54) is 42.4 Å². The Balaban J connectivity index is 2.00. The molecule has 0 radical (unpaired) electrons. The molecule has 1 fully saturated rings. The highest BCUT2D eigenvalue weighted by molar-refractivity contribution is 5.43. The monoisotopic (exact) mass is 230 g/mol. The van der Waals surface area contributed by atoms with E-state index in [-0.39, 0.29) is 10.8 Å². The van der Waals surface area contributed by atoms with E-state index in [1.54, 1.807) is 0 Å². The van der Waals surface area contributed by atoms with Crippen LogP contribution in [0.25, 0.3) is 0 Å². The Morgan fingerprint density at radius 1 is 1.12 bits per heavy atom. The van der Waals surface area contributed by atoms with Gasteiger partial charge < -0.3 is 5.11 Å². The molecule has 0 bridgehead atoms. The molecule has 0 heterocycles. The van der Waals surface area contributed by atoms with Gasteiger partial charge in [0.25, 0.3) is 0 Å². The molecule has 3 rings (SSSR count). The number of benzene rings is 1. The maximum Gasteiger partial charge on any atom is 0.0533 e. The Hall–Kier alpha value is -0.820. The number of hydrogen-bond donors (Lipinski definition) is 1. The summed E-state index contributed by atoms with van der Waals surface area (Å²) in [7, 11) is 0. The van der Waals surface area contributed by atoms with Gasteiger partial charge in [-0.2, -0.15) is 0 Å². The quantitative estimate of drug-likeness (QED) is 0.827. The van der Waals surface area contributed by atoms with Crippen LogP contribution in [0.4, 0.5) is 0 Å². The van der Waals surface area contributed by atoms with Crippen LogP contribution in [0, 0.1) is 5.41 Å². The van der Waals surface area contributed by atoms with Crippen LogP contribution in [-0.4, -0.2) is 11.7 Å². The average molecular weight is 230 g/mol. The Morgan fingerprint density at radius 2 is 1.76 bits per heavy atom. The average Bonchev–Trinajstić information content (AvgIpc) is 2.92. The van der Waals surface area contributed by atoms with E-state index in [9.17, 15) is 5.11 Å². The van der Waals surface area contributed by atoms with Crippen molar-refractivity contribution in [3.63, 3.8) is 0 Å². The molecule has 1 aromatic carbocycles. The molecule has 1 heteroatoms. The Kier molecular flexibility index (Phi) is 2.38. The molecule has 2 aliphatic carbocycles. The van der Waals surface area contributed by atoms with Gasteiger partial charge in [0.15, 0.2) is 0 Å². The van der Waals surface area contributed by atoms with Crippen LogP contribution in [0.15, 0.2) is 18.2 Å². The standard InChI is InChI=1S/C16H22O/c1-15(2)10-16(15,11-17)14-8-7-12-5-3-4-6-13(12)9-14/h7-9,17H,3-6,10-11H2,1-2H3. The van der Waals surface area contributed by atoms with Crippen molar-refractivity contribution in [2.45, 2.75) is 51.4 Å². The van der Waals surface area contributed by atoms with Crippen molar-refractivity contribution in [2.24, 2.45) is 5.41 Å². The lowest BCUT2D eigenvalue weighted by molar-refractivity contribution is 0.231. The molecule has 1 saturated carbocycles. The lowest BCUT2D eigenvalue weighted by Crippen LogP contribution is -2.20. The van der Waals surface area contributed by atoms with Crippen molar-refractivity contribution in [1.29, 1.82) is 0 Å². The van der Waals surface area contributed by atoms with E-state index in [1.807, 2.05) is 0 Å². The minimum Gasteiger partial charge on any atom is -0.395 e. The van der Waals surface area contributed by atoms with Crippen molar-refractivity contribution in [2.75, 3.05) is 6.61 Å². The molecule has 0 aliphatic heterocycles. The topological polar surface area (TPSA) is 20.2 Å². The fourth-order valence-electron chi connectivity index (χ4n) is 3.60. The highest BCUT2D eigenvalue weighted by Crippen LogP contribution is 2.64. The summed E-state index contributed by atoms with van der Waals surface area (Å²) >= 11 is 0. The van der Waals surface area contributed by atoms with E-state index in [0.29, 0.717) is 6.61 Å². The van der Waals surface area contributed by atoms with Crippen LogP contribution in [0.5, 0.6) is 0 Å². The Labute approximate surface area is 104 Å². The second-order valence-corrected chi connectivity index (χ2v) is 6.49. The molecule has 1 aromatic rings. The van der Waals surface area contributed by atoms with Gasteiger partial charge in [-0.15, -0.1) is 0 Å². The molecule has 1 N–H and O–H groups in total. The molecule has 1 unspecified atom stereocenters. The minimum atomic E-state index is 0.0411. The third-order valence-corrected chi connectivity index (χ3v) is 5.09. The van der Waals surface area contributed by atoms with Gasteiger partial charge >= 0.3 is 0 Å². The number of aliphatic hydroxyl groups is 1. The first-order valence-electron chi connectivity index (χ1n) is 6.82. The first-order valence-corrected chi connectivity index (χ1v) is 6.82. The van der Waals surface area contributed by atoms with Gasteiger partial charge in [-0.25, -0.2) is 0 Å². The summed E-state index contributed by atoms with van der Waals surface area (Å²) in [4.78, 5) is 0. The van der Waals surface area contributed by atoms with E-state index in [0.717, 1.165) is 6.42 Å². The summed E-state index contributed by atoms with van der Waals surface area (Å²) in [6, 6.07) is 6.93. The number of aryl methyl sites for hydroxylation is 2. The smallest absolute Gasteiger partial charge is 0.0533 e. The molecule has 0 amide bonds. The molecule has 1 nitrogen and oxygen atoms in total. The summed E-state index contributed by atoms with van der Waals surface area (Å²) in [6.45, 7) is 4.82. The van der Waals surface area contributed by atoms with Crippen molar-refractivity contribution >= 4 is 0 Å². The van der Waals surface area contributed by atoms with E-state index < -0.39 is 0 Å². The summed E-state index contributed by atoms with van der Waals surface area (Å²) in [5.41, 5.74) is 4.74. The van der Waals surface area contributed by atoms with Crippen LogP contribution in [0.1, 0.15) is 49.8 Å². The van der Waals surface area contributed by atoms with Gasteiger partial charge in [0.2, 0.25) is 0 Å². The van der Waals surface area contributed by atoms with Gasteiger partial charge in [0, 0.05) is 5.41 Å². The molecule has 0 saturated heterocycles. The zero-order chi connectivity index (χ0) is 12.1. The summed E-state index contributed by atoms with van der Waals surface area (Å²) in [5, 5.41) is 9.75. The molecule has 0 aromatic heterocycles. The third kappa shape index (κ3) is 1.55. The molecule has 2 aliphatic rings. The van der Waals surface area contributed by atoms with Gasteiger partial charge in [-0.3, -0.25) is 0 Å². The number of aliphatic hydroxyl groups excluding tert-OH is 1. The Morgan fingerprint density at radius 3 is 2.35 bits per heavy atom. The largest absolute Gasteiger partial charge is 0.395 e. The number of hydrogen-bond acceptors (Lipinski definition) is 1. The number of rotatable bonds is 2. The van der Waals surface area contributed by atoms with Crippen LogP contribution in [0.3, 0.4) is 0 Å². The SMILES string of the molecule is CC1(C)CC1(CO)c1ccc2c(c1)CCCC2. The van der Waals surface area contributed by atoms with Crippen molar-refractivity contribution in [3.05, 3.63) is 34.9 Å². The first-order chi connectivity index (χ1) is 8.09. The maximum atomic E-state index is 9.75. The van der Waals surface area contributed by atoms with Crippen LogP contribution < -0.4 is 0 Å². The fraction of sp³-hybridized carbons (Fsp3) is 0.625. The lowest BCUT2D eigenvalue weighted by Gasteiger charge is -2.22. The molecule has 92 valence electrons. The third-order valence-electron chi connectivity index (χ3n) is 5.09. The van der Waals surface area contributed by atoms with Crippen molar-refractivity contribution in [3.8, 4) is 0 Å².